The zero-order valence-electron chi connectivity index (χ0n) is 9.61. The minimum Gasteiger partial charge on any atom is -0.388 e. The number of aliphatic hydroxyl groups is 1. The van der Waals surface area contributed by atoms with Crippen LogP contribution in [0.15, 0.2) is 24.3 Å². The second-order valence-corrected chi connectivity index (χ2v) is 4.91. The fourth-order valence-electron chi connectivity index (χ4n) is 2.56. The van der Waals surface area contributed by atoms with Crippen LogP contribution in [-0.4, -0.2) is 5.11 Å². The molecule has 1 aromatic rings. The maximum absolute atomic E-state index is 10.4. The second kappa shape index (κ2) is 4.27. The Morgan fingerprint density at radius 1 is 1.50 bits per heavy atom. The minimum absolute atomic E-state index is 0.135. The maximum Gasteiger partial charge on any atom is 0.0846 e. The Hall–Kier alpha value is -1.33. The predicted octanol–water partition coefficient (Wildman–Crippen LogP) is 2.98. The molecule has 0 saturated heterocycles. The molecule has 16 heavy (non-hydrogen) atoms. The van der Waals surface area contributed by atoms with E-state index in [-0.39, 0.29) is 5.41 Å². The summed E-state index contributed by atoms with van der Waals surface area (Å²) in [6, 6.07) is 10.3. The molecule has 2 atom stereocenters. The summed E-state index contributed by atoms with van der Waals surface area (Å²) in [5.41, 5.74) is 2.17. The first-order valence-corrected chi connectivity index (χ1v) is 5.80. The minimum atomic E-state index is -0.425. The number of hydrogen-bond donors (Lipinski definition) is 1. The highest BCUT2D eigenvalue weighted by atomic mass is 16.3. The molecule has 2 heteroatoms. The van der Waals surface area contributed by atoms with Crippen molar-refractivity contribution in [2.45, 2.75) is 38.7 Å². The lowest BCUT2D eigenvalue weighted by atomic mass is 9.68. The van der Waals surface area contributed by atoms with E-state index in [1.54, 1.807) is 0 Å². The van der Waals surface area contributed by atoms with Gasteiger partial charge in [-0.1, -0.05) is 31.2 Å². The number of hydrogen-bond acceptors (Lipinski definition) is 2. The highest BCUT2D eigenvalue weighted by Gasteiger charge is 2.37. The topological polar surface area (TPSA) is 44.0 Å². The first kappa shape index (κ1) is 11.2. The predicted molar refractivity (Wildman–Crippen MR) is 62.7 cm³/mol. The average molecular weight is 215 g/mol. The van der Waals surface area contributed by atoms with Gasteiger partial charge in [-0.15, -0.1) is 0 Å². The third kappa shape index (κ3) is 1.83. The van der Waals surface area contributed by atoms with Gasteiger partial charge in [0.2, 0.25) is 0 Å². The zero-order chi connectivity index (χ0) is 11.6. The van der Waals surface area contributed by atoms with E-state index >= 15 is 0 Å². The number of rotatable bonds is 2. The highest BCUT2D eigenvalue weighted by Crippen LogP contribution is 2.46. The van der Waals surface area contributed by atoms with E-state index in [1.807, 2.05) is 18.2 Å². The van der Waals surface area contributed by atoms with Gasteiger partial charge in [0.1, 0.15) is 0 Å². The van der Waals surface area contributed by atoms with Gasteiger partial charge in [0, 0.05) is 6.42 Å². The van der Waals surface area contributed by atoms with Gasteiger partial charge in [0.15, 0.2) is 0 Å². The first-order chi connectivity index (χ1) is 7.67. The van der Waals surface area contributed by atoms with E-state index in [4.69, 9.17) is 5.26 Å². The van der Waals surface area contributed by atoms with Crippen LogP contribution in [0.2, 0.25) is 0 Å². The smallest absolute Gasteiger partial charge is 0.0846 e. The van der Waals surface area contributed by atoms with Crippen molar-refractivity contribution in [1.82, 2.24) is 0 Å². The van der Waals surface area contributed by atoms with Crippen LogP contribution in [0.5, 0.6) is 0 Å². The number of benzene rings is 1. The number of nitrogens with zero attached hydrogens (tertiary/aromatic N) is 1. The molecule has 1 aromatic carbocycles. The van der Waals surface area contributed by atoms with Crippen LogP contribution < -0.4 is 0 Å². The summed E-state index contributed by atoms with van der Waals surface area (Å²) in [5, 5.41) is 19.1. The molecule has 2 nitrogen and oxygen atoms in total. The van der Waals surface area contributed by atoms with Gasteiger partial charge in [-0.05, 0) is 35.8 Å². The van der Waals surface area contributed by atoms with E-state index in [0.717, 1.165) is 24.8 Å². The summed E-state index contributed by atoms with van der Waals surface area (Å²) in [4.78, 5) is 0. The summed E-state index contributed by atoms with van der Waals surface area (Å²) in [5.74, 6) is 0. The van der Waals surface area contributed by atoms with Gasteiger partial charge >= 0.3 is 0 Å². The van der Waals surface area contributed by atoms with Crippen LogP contribution in [0, 0.1) is 16.7 Å². The van der Waals surface area contributed by atoms with Crippen LogP contribution >= 0.6 is 0 Å². The number of aliphatic hydroxyl groups excluding tert-OH is 1. The van der Waals surface area contributed by atoms with Crippen molar-refractivity contribution < 1.29 is 5.11 Å². The Morgan fingerprint density at radius 2 is 2.25 bits per heavy atom. The lowest BCUT2D eigenvalue weighted by Crippen LogP contribution is -2.31. The molecular formula is C14H17NO. The van der Waals surface area contributed by atoms with E-state index in [0.29, 0.717) is 6.42 Å². The highest BCUT2D eigenvalue weighted by molar-refractivity contribution is 5.33. The molecule has 0 amide bonds. The second-order valence-electron chi connectivity index (χ2n) is 4.91. The largest absolute Gasteiger partial charge is 0.388 e. The molecule has 2 rings (SSSR count). The van der Waals surface area contributed by atoms with Crippen LogP contribution in [0.1, 0.15) is 43.4 Å². The molecule has 0 aliphatic heterocycles. The van der Waals surface area contributed by atoms with E-state index in [2.05, 4.69) is 19.1 Å². The summed E-state index contributed by atoms with van der Waals surface area (Å²) in [7, 11) is 0. The van der Waals surface area contributed by atoms with Gasteiger partial charge in [0.05, 0.1) is 12.2 Å². The molecule has 1 N–H and O–H groups in total. The van der Waals surface area contributed by atoms with Crippen LogP contribution in [-0.2, 0) is 6.42 Å². The van der Waals surface area contributed by atoms with Gasteiger partial charge < -0.3 is 5.11 Å². The third-order valence-corrected chi connectivity index (χ3v) is 3.78. The van der Waals surface area contributed by atoms with Gasteiger partial charge in [-0.3, -0.25) is 0 Å². The van der Waals surface area contributed by atoms with Crippen molar-refractivity contribution in [2.75, 3.05) is 0 Å². The van der Waals surface area contributed by atoms with Crippen molar-refractivity contribution in [1.29, 1.82) is 5.26 Å². The maximum atomic E-state index is 10.4. The molecule has 84 valence electrons. The lowest BCUT2D eigenvalue weighted by molar-refractivity contribution is 0.0148. The molecule has 0 radical (unpaired) electrons. The molecule has 2 unspecified atom stereocenters. The average Bonchev–Trinajstić information content (AvgIpc) is 2.32. The third-order valence-electron chi connectivity index (χ3n) is 3.78. The standard InChI is InChI=1S/C14H17NO/c1-14(8-4-10-15)9-7-11-5-2-3-6-12(11)13(14)16/h2-3,5-6,13,16H,4,7-9H2,1H3. The molecule has 0 aromatic heterocycles. The van der Waals surface area contributed by atoms with Gasteiger partial charge in [-0.25, -0.2) is 0 Å². The van der Waals surface area contributed by atoms with Crippen molar-refractivity contribution in [3.8, 4) is 6.07 Å². The molecule has 0 saturated carbocycles. The zero-order valence-corrected chi connectivity index (χ0v) is 9.61. The van der Waals surface area contributed by atoms with Crippen molar-refractivity contribution in [2.24, 2.45) is 5.41 Å². The quantitative estimate of drug-likeness (QED) is 0.824. The Kier molecular flexibility index (Phi) is 2.98. The molecule has 1 aliphatic rings. The number of aryl methyl sites for hydroxylation is 1. The molecule has 0 heterocycles. The summed E-state index contributed by atoms with van der Waals surface area (Å²) < 4.78 is 0. The van der Waals surface area contributed by atoms with Crippen LogP contribution in [0.4, 0.5) is 0 Å². The fraction of sp³-hybridized carbons (Fsp3) is 0.500. The fourth-order valence-corrected chi connectivity index (χ4v) is 2.56. The molecule has 0 spiro atoms. The van der Waals surface area contributed by atoms with E-state index in [9.17, 15) is 5.11 Å². The van der Waals surface area contributed by atoms with Crippen molar-refractivity contribution in [3.05, 3.63) is 35.4 Å². The molecular weight excluding hydrogens is 198 g/mol. The monoisotopic (exact) mass is 215 g/mol. The Balaban J connectivity index is 2.27. The van der Waals surface area contributed by atoms with E-state index < -0.39 is 6.10 Å². The Morgan fingerprint density at radius 3 is 3.00 bits per heavy atom. The van der Waals surface area contributed by atoms with Gasteiger partial charge in [0.25, 0.3) is 0 Å². The van der Waals surface area contributed by atoms with Gasteiger partial charge in [-0.2, -0.15) is 5.26 Å². The lowest BCUT2D eigenvalue weighted by Gasteiger charge is -2.39. The number of nitriles is 1. The molecule has 0 fully saturated rings. The molecule has 1 aliphatic carbocycles. The van der Waals surface area contributed by atoms with Crippen LogP contribution in [0.25, 0.3) is 0 Å². The first-order valence-electron chi connectivity index (χ1n) is 5.80. The SMILES string of the molecule is CC1(CCC#N)CCc2ccccc2C1O. The van der Waals surface area contributed by atoms with Crippen LogP contribution in [0.3, 0.4) is 0 Å². The summed E-state index contributed by atoms with van der Waals surface area (Å²) in [6.07, 6.45) is 2.85. The summed E-state index contributed by atoms with van der Waals surface area (Å²) >= 11 is 0. The van der Waals surface area contributed by atoms with Crippen molar-refractivity contribution >= 4 is 0 Å². The number of fused-ring (bicyclic) bond motifs is 1. The van der Waals surface area contributed by atoms with Crippen molar-refractivity contribution in [3.63, 3.8) is 0 Å². The Bertz CT molecular complexity index is 421. The summed E-state index contributed by atoms with van der Waals surface area (Å²) in [6.45, 7) is 2.09. The molecule has 0 bridgehead atoms. The normalized spacial score (nSPS) is 28.2. The van der Waals surface area contributed by atoms with E-state index in [1.165, 1.54) is 5.56 Å². The Labute approximate surface area is 96.5 Å².